The number of hydrogen-bond acceptors (Lipinski definition) is 3. The number of aryl methyl sites for hydroxylation is 1. The number of fused-ring (bicyclic) bond motifs is 1. The Hall–Kier alpha value is -1.06. The molecule has 1 aromatic rings. The smallest absolute Gasteiger partial charge is 0.0326 e. The first kappa shape index (κ1) is 12.9. The zero-order valence-electron chi connectivity index (χ0n) is 11.9. The first-order valence-electron chi connectivity index (χ1n) is 7.52. The zero-order chi connectivity index (χ0) is 13.2. The van der Waals surface area contributed by atoms with Crippen molar-refractivity contribution in [3.63, 3.8) is 0 Å². The fourth-order valence-electron chi connectivity index (χ4n) is 3.42. The van der Waals surface area contributed by atoms with E-state index in [1.165, 1.54) is 56.4 Å². The Morgan fingerprint density at radius 2 is 2.05 bits per heavy atom. The fourth-order valence-corrected chi connectivity index (χ4v) is 3.42. The van der Waals surface area contributed by atoms with E-state index >= 15 is 0 Å². The Morgan fingerprint density at radius 1 is 1.26 bits per heavy atom. The monoisotopic (exact) mass is 259 g/mol. The number of nitrogens with two attached hydrogens (primary N) is 1. The summed E-state index contributed by atoms with van der Waals surface area (Å²) in [6.07, 6.45) is 5.08. The van der Waals surface area contributed by atoms with E-state index < -0.39 is 0 Å². The number of nitrogens with zero attached hydrogens (tertiary/aromatic N) is 1. The molecule has 3 heteroatoms. The molecule has 3 nitrogen and oxygen atoms in total. The van der Waals surface area contributed by atoms with E-state index in [0.717, 1.165) is 11.6 Å². The number of benzene rings is 1. The molecular weight excluding hydrogens is 234 g/mol. The second-order valence-corrected chi connectivity index (χ2v) is 6.20. The minimum Gasteiger partial charge on any atom is -0.399 e. The highest BCUT2D eigenvalue weighted by Crippen LogP contribution is 2.32. The second kappa shape index (κ2) is 5.51. The quantitative estimate of drug-likeness (QED) is 0.818. The molecule has 1 aliphatic heterocycles. The number of piperidine rings is 1. The molecule has 0 saturated carbocycles. The molecule has 1 saturated heterocycles. The van der Waals surface area contributed by atoms with Crippen molar-refractivity contribution in [2.45, 2.75) is 31.7 Å². The van der Waals surface area contributed by atoms with Crippen LogP contribution in [0.1, 0.15) is 36.4 Å². The topological polar surface area (TPSA) is 41.3 Å². The summed E-state index contributed by atoms with van der Waals surface area (Å²) in [4.78, 5) is 2.43. The van der Waals surface area contributed by atoms with E-state index in [4.69, 9.17) is 5.73 Å². The van der Waals surface area contributed by atoms with Gasteiger partial charge < -0.3 is 16.0 Å². The first-order chi connectivity index (χ1) is 9.22. The third kappa shape index (κ3) is 2.93. The fraction of sp³-hybridized carbons (Fsp3) is 0.625. The maximum Gasteiger partial charge on any atom is 0.0326 e. The minimum atomic E-state index is 0.551. The molecule has 0 radical (unpaired) electrons. The number of nitrogens with one attached hydrogen (secondary N) is 1. The van der Waals surface area contributed by atoms with Gasteiger partial charge >= 0.3 is 0 Å². The normalized spacial score (nSPS) is 24.6. The van der Waals surface area contributed by atoms with Crippen molar-refractivity contribution in [3.05, 3.63) is 29.3 Å². The summed E-state index contributed by atoms with van der Waals surface area (Å²) in [6.45, 7) is 3.68. The molecule has 1 atom stereocenters. The maximum atomic E-state index is 5.86. The lowest BCUT2D eigenvalue weighted by atomic mass is 9.96. The van der Waals surface area contributed by atoms with Crippen LogP contribution in [0.2, 0.25) is 0 Å². The van der Waals surface area contributed by atoms with E-state index in [-0.39, 0.29) is 0 Å². The molecule has 1 unspecified atom stereocenters. The van der Waals surface area contributed by atoms with Crippen LogP contribution in [0.15, 0.2) is 18.2 Å². The summed E-state index contributed by atoms with van der Waals surface area (Å²) in [5.41, 5.74) is 9.67. The molecule has 104 valence electrons. The Labute approximate surface area is 116 Å². The van der Waals surface area contributed by atoms with Gasteiger partial charge in [0.05, 0.1) is 0 Å². The molecule has 19 heavy (non-hydrogen) atoms. The average molecular weight is 259 g/mol. The van der Waals surface area contributed by atoms with Crippen LogP contribution in [-0.2, 0) is 6.42 Å². The SMILES string of the molecule is CN1CCC(CNC2CCc3cc(N)ccc32)CC1. The summed E-state index contributed by atoms with van der Waals surface area (Å²) < 4.78 is 0. The highest BCUT2D eigenvalue weighted by atomic mass is 15.1. The van der Waals surface area contributed by atoms with Crippen LogP contribution in [0.4, 0.5) is 5.69 Å². The van der Waals surface area contributed by atoms with Gasteiger partial charge in [-0.25, -0.2) is 0 Å². The van der Waals surface area contributed by atoms with Crippen molar-refractivity contribution in [2.75, 3.05) is 32.4 Å². The van der Waals surface area contributed by atoms with E-state index in [1.54, 1.807) is 0 Å². The van der Waals surface area contributed by atoms with Gasteiger partial charge in [0.25, 0.3) is 0 Å². The van der Waals surface area contributed by atoms with E-state index in [1.807, 2.05) is 6.07 Å². The van der Waals surface area contributed by atoms with E-state index in [2.05, 4.69) is 29.4 Å². The molecular formula is C16H25N3. The summed E-state index contributed by atoms with van der Waals surface area (Å²) in [5, 5.41) is 3.78. The second-order valence-electron chi connectivity index (χ2n) is 6.20. The van der Waals surface area contributed by atoms with Crippen LogP contribution < -0.4 is 11.1 Å². The van der Waals surface area contributed by atoms with Gasteiger partial charge in [-0.1, -0.05) is 6.07 Å². The third-order valence-corrected chi connectivity index (χ3v) is 4.74. The third-order valence-electron chi connectivity index (χ3n) is 4.74. The van der Waals surface area contributed by atoms with Crippen LogP contribution in [0, 0.1) is 5.92 Å². The van der Waals surface area contributed by atoms with Gasteiger partial charge in [0.2, 0.25) is 0 Å². The predicted molar refractivity (Wildman–Crippen MR) is 80.1 cm³/mol. The van der Waals surface area contributed by atoms with E-state index in [9.17, 15) is 0 Å². The highest BCUT2D eigenvalue weighted by molar-refractivity contribution is 5.47. The van der Waals surface area contributed by atoms with Gasteiger partial charge in [-0.15, -0.1) is 0 Å². The van der Waals surface area contributed by atoms with E-state index in [0.29, 0.717) is 6.04 Å². The summed E-state index contributed by atoms with van der Waals surface area (Å²) in [6, 6.07) is 6.94. The average Bonchev–Trinajstić information content (AvgIpc) is 2.80. The van der Waals surface area contributed by atoms with Gasteiger partial charge in [0, 0.05) is 11.7 Å². The molecule has 3 N–H and O–H groups in total. The van der Waals surface area contributed by atoms with Crippen molar-refractivity contribution < 1.29 is 0 Å². The molecule has 1 fully saturated rings. The molecule has 1 aliphatic carbocycles. The Balaban J connectivity index is 1.55. The van der Waals surface area contributed by atoms with Gasteiger partial charge in [-0.3, -0.25) is 0 Å². The number of hydrogen-bond donors (Lipinski definition) is 2. The number of likely N-dealkylation sites (tertiary alicyclic amines) is 1. The lowest BCUT2D eigenvalue weighted by molar-refractivity contribution is 0.212. The lowest BCUT2D eigenvalue weighted by Crippen LogP contribution is -2.35. The molecule has 0 amide bonds. The predicted octanol–water partition coefficient (Wildman–Crippen LogP) is 2.19. The highest BCUT2D eigenvalue weighted by Gasteiger charge is 2.24. The van der Waals surface area contributed by atoms with Gasteiger partial charge in [0.15, 0.2) is 0 Å². The molecule has 3 rings (SSSR count). The van der Waals surface area contributed by atoms with Gasteiger partial charge in [-0.05, 0) is 81.5 Å². The van der Waals surface area contributed by atoms with Crippen molar-refractivity contribution in [1.29, 1.82) is 0 Å². The zero-order valence-corrected chi connectivity index (χ0v) is 11.9. The van der Waals surface area contributed by atoms with Crippen molar-refractivity contribution in [1.82, 2.24) is 10.2 Å². The van der Waals surface area contributed by atoms with Crippen LogP contribution in [0.3, 0.4) is 0 Å². The first-order valence-corrected chi connectivity index (χ1v) is 7.52. The summed E-state index contributed by atoms with van der Waals surface area (Å²) in [7, 11) is 2.22. The van der Waals surface area contributed by atoms with Crippen LogP contribution in [0.25, 0.3) is 0 Å². The number of anilines is 1. The lowest BCUT2D eigenvalue weighted by Gasteiger charge is -2.30. The van der Waals surface area contributed by atoms with Crippen molar-refractivity contribution >= 4 is 5.69 Å². The summed E-state index contributed by atoms with van der Waals surface area (Å²) in [5.74, 6) is 0.856. The molecule has 0 spiro atoms. The number of rotatable bonds is 3. The standard InChI is InChI=1S/C16H25N3/c1-19-8-6-12(7-9-19)11-18-16-5-2-13-10-14(17)3-4-15(13)16/h3-4,10,12,16,18H,2,5-9,11,17H2,1H3. The van der Waals surface area contributed by atoms with Crippen molar-refractivity contribution in [2.24, 2.45) is 5.92 Å². The summed E-state index contributed by atoms with van der Waals surface area (Å²) >= 11 is 0. The van der Waals surface area contributed by atoms with Gasteiger partial charge in [-0.2, -0.15) is 0 Å². The van der Waals surface area contributed by atoms with Crippen molar-refractivity contribution in [3.8, 4) is 0 Å². The van der Waals surface area contributed by atoms with Crippen LogP contribution in [-0.4, -0.2) is 31.6 Å². The molecule has 2 aliphatic rings. The number of nitrogen functional groups attached to an aromatic ring is 1. The molecule has 1 aromatic carbocycles. The molecule has 0 aromatic heterocycles. The maximum absolute atomic E-state index is 5.86. The Bertz CT molecular complexity index is 436. The Morgan fingerprint density at radius 3 is 2.84 bits per heavy atom. The van der Waals surface area contributed by atoms with Crippen LogP contribution in [0.5, 0.6) is 0 Å². The largest absolute Gasteiger partial charge is 0.399 e. The molecule has 1 heterocycles. The molecule has 0 bridgehead atoms. The van der Waals surface area contributed by atoms with Crippen LogP contribution >= 0.6 is 0 Å². The minimum absolute atomic E-state index is 0.551. The Kier molecular flexibility index (Phi) is 3.76. The van der Waals surface area contributed by atoms with Gasteiger partial charge in [0.1, 0.15) is 0 Å².